The van der Waals surface area contributed by atoms with Crippen LogP contribution in [0.25, 0.3) is 0 Å². The van der Waals surface area contributed by atoms with Crippen LogP contribution in [0.5, 0.6) is 0 Å². The van der Waals surface area contributed by atoms with Gasteiger partial charge in [0.1, 0.15) is 0 Å². The molecular weight excluding hydrogens is 192 g/mol. The minimum absolute atomic E-state index is 0.134. The third-order valence-electron chi connectivity index (χ3n) is 2.97. The molecule has 1 unspecified atom stereocenters. The third-order valence-corrected chi connectivity index (χ3v) is 2.97. The standard InChI is InChI=1S/C10H16N4O/c1-10(2)13-8(9(15)14(10)3)4-7-5-11-6-12-7/h5-6,8,13H,4H2,1-3H3,(H,11,12). The number of nitrogens with zero attached hydrogens (tertiary/aromatic N) is 2. The summed E-state index contributed by atoms with van der Waals surface area (Å²) in [5, 5.41) is 3.30. The van der Waals surface area contributed by atoms with Crippen LogP contribution in [0.4, 0.5) is 0 Å². The van der Waals surface area contributed by atoms with Crippen molar-refractivity contribution in [1.82, 2.24) is 20.2 Å². The van der Waals surface area contributed by atoms with Crippen LogP contribution >= 0.6 is 0 Å². The number of carbonyl (C=O) groups excluding carboxylic acids is 1. The Morgan fingerprint density at radius 2 is 2.33 bits per heavy atom. The molecule has 1 aromatic heterocycles. The van der Waals surface area contributed by atoms with E-state index in [1.807, 2.05) is 20.9 Å². The maximum Gasteiger partial charge on any atom is 0.241 e. The number of hydrogen-bond donors (Lipinski definition) is 2. The molecule has 0 bridgehead atoms. The first-order valence-corrected chi connectivity index (χ1v) is 5.03. The lowest BCUT2D eigenvalue weighted by Crippen LogP contribution is -2.45. The van der Waals surface area contributed by atoms with Gasteiger partial charge >= 0.3 is 0 Å². The van der Waals surface area contributed by atoms with E-state index >= 15 is 0 Å². The molecule has 0 spiro atoms. The SMILES string of the molecule is CN1C(=O)C(Cc2cnc[nH]2)NC1(C)C. The second kappa shape index (κ2) is 3.34. The lowest BCUT2D eigenvalue weighted by Gasteiger charge is -2.27. The summed E-state index contributed by atoms with van der Waals surface area (Å²) in [6, 6.07) is -0.148. The smallest absolute Gasteiger partial charge is 0.241 e. The predicted molar refractivity (Wildman–Crippen MR) is 56.1 cm³/mol. The molecule has 1 aromatic rings. The molecule has 15 heavy (non-hydrogen) atoms. The van der Waals surface area contributed by atoms with Gasteiger partial charge in [-0.1, -0.05) is 0 Å². The van der Waals surface area contributed by atoms with E-state index in [1.54, 1.807) is 17.4 Å². The highest BCUT2D eigenvalue weighted by Crippen LogP contribution is 2.20. The van der Waals surface area contributed by atoms with Crippen molar-refractivity contribution in [2.75, 3.05) is 7.05 Å². The number of rotatable bonds is 2. The van der Waals surface area contributed by atoms with Crippen molar-refractivity contribution in [3.63, 3.8) is 0 Å². The van der Waals surface area contributed by atoms with Crippen LogP contribution in [-0.2, 0) is 11.2 Å². The number of hydrogen-bond acceptors (Lipinski definition) is 3. The van der Waals surface area contributed by atoms with Gasteiger partial charge < -0.3 is 9.88 Å². The Morgan fingerprint density at radius 3 is 2.80 bits per heavy atom. The van der Waals surface area contributed by atoms with Crippen LogP contribution < -0.4 is 5.32 Å². The van der Waals surface area contributed by atoms with Crippen LogP contribution in [0.15, 0.2) is 12.5 Å². The molecule has 2 heterocycles. The van der Waals surface area contributed by atoms with Crippen LogP contribution in [0, 0.1) is 0 Å². The highest BCUT2D eigenvalue weighted by atomic mass is 16.2. The molecule has 2 N–H and O–H groups in total. The van der Waals surface area contributed by atoms with E-state index in [4.69, 9.17) is 0 Å². The number of carbonyl (C=O) groups is 1. The summed E-state index contributed by atoms with van der Waals surface area (Å²) in [5.74, 6) is 0.134. The molecule has 1 amide bonds. The van der Waals surface area contributed by atoms with E-state index in [0.717, 1.165) is 5.69 Å². The highest BCUT2D eigenvalue weighted by Gasteiger charge is 2.41. The summed E-state index contributed by atoms with van der Waals surface area (Å²) in [7, 11) is 1.82. The predicted octanol–water partition coefficient (Wildman–Crippen LogP) is 0.118. The molecule has 5 nitrogen and oxygen atoms in total. The number of aromatic nitrogens is 2. The Labute approximate surface area is 88.9 Å². The van der Waals surface area contributed by atoms with Gasteiger partial charge in [0.2, 0.25) is 5.91 Å². The van der Waals surface area contributed by atoms with Gasteiger partial charge in [-0.15, -0.1) is 0 Å². The summed E-state index contributed by atoms with van der Waals surface area (Å²) < 4.78 is 0. The Hall–Kier alpha value is -1.36. The number of nitrogens with one attached hydrogen (secondary N) is 2. The molecule has 1 aliphatic rings. The average Bonchev–Trinajstić information content (AvgIpc) is 2.72. The number of H-pyrrole nitrogens is 1. The average molecular weight is 208 g/mol. The van der Waals surface area contributed by atoms with Gasteiger partial charge in [-0.3, -0.25) is 10.1 Å². The van der Waals surface area contributed by atoms with E-state index in [-0.39, 0.29) is 17.6 Å². The zero-order chi connectivity index (χ0) is 11.1. The first-order valence-electron chi connectivity index (χ1n) is 5.03. The normalized spacial score (nSPS) is 24.9. The third kappa shape index (κ3) is 1.74. The molecule has 0 aromatic carbocycles. The lowest BCUT2D eigenvalue weighted by atomic mass is 10.1. The summed E-state index contributed by atoms with van der Waals surface area (Å²) in [6.07, 6.45) is 4.04. The van der Waals surface area contributed by atoms with E-state index in [2.05, 4.69) is 15.3 Å². The monoisotopic (exact) mass is 208 g/mol. The molecule has 0 radical (unpaired) electrons. The minimum atomic E-state index is -0.262. The van der Waals surface area contributed by atoms with Gasteiger partial charge in [0.05, 0.1) is 18.0 Å². The van der Waals surface area contributed by atoms with Gasteiger partial charge in [-0.2, -0.15) is 0 Å². The van der Waals surface area contributed by atoms with Gasteiger partial charge in [-0.25, -0.2) is 4.98 Å². The summed E-state index contributed by atoms with van der Waals surface area (Å²) in [5.41, 5.74) is 0.717. The van der Waals surface area contributed by atoms with E-state index in [0.29, 0.717) is 6.42 Å². The van der Waals surface area contributed by atoms with Gasteiger partial charge in [0.15, 0.2) is 0 Å². The number of aromatic amines is 1. The lowest BCUT2D eigenvalue weighted by molar-refractivity contribution is -0.129. The molecule has 1 fully saturated rings. The topological polar surface area (TPSA) is 61.0 Å². The van der Waals surface area contributed by atoms with Gasteiger partial charge in [0, 0.05) is 25.4 Å². The molecular formula is C10H16N4O. The van der Waals surface area contributed by atoms with Crippen molar-refractivity contribution in [3.8, 4) is 0 Å². The zero-order valence-electron chi connectivity index (χ0n) is 9.24. The Bertz CT molecular complexity index is 358. The van der Waals surface area contributed by atoms with Crippen molar-refractivity contribution >= 4 is 5.91 Å². The van der Waals surface area contributed by atoms with Crippen molar-refractivity contribution < 1.29 is 4.79 Å². The van der Waals surface area contributed by atoms with Crippen LogP contribution in [0.2, 0.25) is 0 Å². The summed E-state index contributed by atoms with van der Waals surface area (Å²) in [6.45, 7) is 4.00. The zero-order valence-corrected chi connectivity index (χ0v) is 9.24. The fourth-order valence-electron chi connectivity index (χ4n) is 1.85. The molecule has 1 atom stereocenters. The molecule has 2 rings (SSSR count). The molecule has 1 aliphatic heterocycles. The maximum absolute atomic E-state index is 11.9. The van der Waals surface area contributed by atoms with Crippen LogP contribution in [0.1, 0.15) is 19.5 Å². The largest absolute Gasteiger partial charge is 0.348 e. The van der Waals surface area contributed by atoms with Crippen LogP contribution in [-0.4, -0.2) is 39.5 Å². The number of amides is 1. The van der Waals surface area contributed by atoms with Crippen molar-refractivity contribution in [2.45, 2.75) is 32.0 Å². The second-order valence-corrected chi connectivity index (χ2v) is 4.43. The number of imidazole rings is 1. The number of likely N-dealkylation sites (N-methyl/N-ethyl adjacent to an activating group) is 1. The van der Waals surface area contributed by atoms with Crippen molar-refractivity contribution in [2.24, 2.45) is 0 Å². The molecule has 0 saturated carbocycles. The van der Waals surface area contributed by atoms with E-state index in [9.17, 15) is 4.79 Å². The molecule has 1 saturated heterocycles. The fourth-order valence-corrected chi connectivity index (χ4v) is 1.85. The highest BCUT2D eigenvalue weighted by molar-refractivity contribution is 5.85. The fraction of sp³-hybridized carbons (Fsp3) is 0.600. The van der Waals surface area contributed by atoms with Gasteiger partial charge in [0.25, 0.3) is 0 Å². The first-order chi connectivity index (χ1) is 7.00. The van der Waals surface area contributed by atoms with Crippen LogP contribution in [0.3, 0.4) is 0 Å². The van der Waals surface area contributed by atoms with Gasteiger partial charge in [-0.05, 0) is 13.8 Å². The second-order valence-electron chi connectivity index (χ2n) is 4.43. The van der Waals surface area contributed by atoms with Crippen molar-refractivity contribution in [3.05, 3.63) is 18.2 Å². The summed E-state index contributed by atoms with van der Waals surface area (Å²) in [4.78, 5) is 20.6. The first kappa shape index (κ1) is 10.2. The molecule has 5 heteroatoms. The molecule has 82 valence electrons. The molecule has 0 aliphatic carbocycles. The Kier molecular flexibility index (Phi) is 2.26. The van der Waals surface area contributed by atoms with E-state index in [1.165, 1.54) is 0 Å². The summed E-state index contributed by atoms with van der Waals surface area (Å²) >= 11 is 0. The maximum atomic E-state index is 11.9. The quantitative estimate of drug-likeness (QED) is 0.725. The van der Waals surface area contributed by atoms with Crippen molar-refractivity contribution in [1.29, 1.82) is 0 Å². The Balaban J connectivity index is 2.10. The van der Waals surface area contributed by atoms with E-state index < -0.39 is 0 Å². The Morgan fingerprint density at radius 1 is 1.60 bits per heavy atom. The minimum Gasteiger partial charge on any atom is -0.348 e.